The van der Waals surface area contributed by atoms with Crippen molar-refractivity contribution in [3.8, 4) is 28.4 Å². The van der Waals surface area contributed by atoms with Gasteiger partial charge in [0, 0.05) is 18.2 Å². The van der Waals surface area contributed by atoms with Gasteiger partial charge in [0.1, 0.15) is 5.75 Å². The van der Waals surface area contributed by atoms with Crippen LogP contribution < -0.4 is 4.74 Å². The molecule has 0 unspecified atom stereocenters. The van der Waals surface area contributed by atoms with Gasteiger partial charge in [0.25, 0.3) is 0 Å². The molecule has 0 fully saturated rings. The second-order valence-electron chi connectivity index (χ2n) is 6.17. The summed E-state index contributed by atoms with van der Waals surface area (Å²) in [5.41, 5.74) is 5.26. The van der Waals surface area contributed by atoms with E-state index in [1.54, 1.807) is 13.2 Å². The lowest BCUT2D eigenvalue weighted by molar-refractivity contribution is 0.227. The van der Waals surface area contributed by atoms with E-state index in [1.165, 1.54) is 11.1 Å². The zero-order valence-corrected chi connectivity index (χ0v) is 12.8. The van der Waals surface area contributed by atoms with Crippen molar-refractivity contribution in [2.24, 2.45) is 0 Å². The summed E-state index contributed by atoms with van der Waals surface area (Å²) in [7, 11) is 3.69. The number of hydrogen-bond donors (Lipinski definition) is 2. The van der Waals surface area contributed by atoms with Crippen molar-refractivity contribution in [3.63, 3.8) is 0 Å². The number of nitrogens with zero attached hydrogens (tertiary/aromatic N) is 1. The maximum Gasteiger partial charge on any atom is 0.165 e. The molecule has 1 aliphatic heterocycles. The molecular formula is C18H19NO3. The number of aromatic hydroxyl groups is 2. The molecule has 0 spiro atoms. The van der Waals surface area contributed by atoms with Crippen LogP contribution in [0.5, 0.6) is 17.2 Å². The molecule has 1 atom stereocenters. The van der Waals surface area contributed by atoms with Gasteiger partial charge in [0.2, 0.25) is 0 Å². The third-order valence-electron chi connectivity index (χ3n) is 4.98. The van der Waals surface area contributed by atoms with Crippen LogP contribution in [0.1, 0.15) is 22.7 Å². The fourth-order valence-corrected chi connectivity index (χ4v) is 3.89. The standard InChI is InChI=1S/C18H19NO3/c1-19-6-5-11-7-12(20)9-13-16(11)14(19)8-10-3-4-15(22-2)18(21)17(10)13/h3-4,7,9,14,20-21H,5-6,8H2,1-2H3/t14-/m0/s1. The highest BCUT2D eigenvalue weighted by atomic mass is 16.5. The largest absolute Gasteiger partial charge is 0.508 e. The molecule has 1 heterocycles. The normalized spacial score (nSPS) is 19.5. The smallest absolute Gasteiger partial charge is 0.165 e. The molecule has 0 aromatic heterocycles. The minimum atomic E-state index is 0.166. The fraction of sp³-hybridized carbons (Fsp3) is 0.333. The molecular weight excluding hydrogens is 278 g/mol. The highest BCUT2D eigenvalue weighted by Gasteiger charge is 2.34. The van der Waals surface area contributed by atoms with Gasteiger partial charge in [-0.2, -0.15) is 0 Å². The predicted octanol–water partition coefficient (Wildman–Crippen LogP) is 2.86. The topological polar surface area (TPSA) is 52.9 Å². The molecule has 2 aliphatic rings. The maximum absolute atomic E-state index is 10.6. The third kappa shape index (κ3) is 1.74. The van der Waals surface area contributed by atoms with Crippen LogP contribution in [-0.2, 0) is 12.8 Å². The van der Waals surface area contributed by atoms with Crippen molar-refractivity contribution in [2.75, 3.05) is 20.7 Å². The van der Waals surface area contributed by atoms with Crippen molar-refractivity contribution in [2.45, 2.75) is 18.9 Å². The molecule has 4 nitrogen and oxygen atoms in total. The van der Waals surface area contributed by atoms with Gasteiger partial charge < -0.3 is 14.9 Å². The molecule has 114 valence electrons. The monoisotopic (exact) mass is 297 g/mol. The number of phenolic OH excluding ortho intramolecular Hbond substituents is 2. The molecule has 4 rings (SSSR count). The Morgan fingerprint density at radius 3 is 2.77 bits per heavy atom. The summed E-state index contributed by atoms with van der Waals surface area (Å²) < 4.78 is 5.25. The Kier molecular flexibility index (Phi) is 2.84. The highest BCUT2D eigenvalue weighted by Crippen LogP contribution is 2.51. The number of phenols is 2. The fourth-order valence-electron chi connectivity index (χ4n) is 3.89. The van der Waals surface area contributed by atoms with E-state index in [4.69, 9.17) is 4.74 Å². The van der Waals surface area contributed by atoms with E-state index in [0.717, 1.165) is 36.1 Å². The van der Waals surface area contributed by atoms with Crippen LogP contribution in [0.3, 0.4) is 0 Å². The van der Waals surface area contributed by atoms with E-state index in [0.29, 0.717) is 11.8 Å². The number of benzene rings is 2. The van der Waals surface area contributed by atoms with E-state index >= 15 is 0 Å². The SMILES string of the molecule is COc1ccc2c(c1O)-c1cc(O)cc3c1[C@H](C2)N(C)CC3. The zero-order valence-electron chi connectivity index (χ0n) is 12.8. The molecule has 0 radical (unpaired) electrons. The second kappa shape index (κ2) is 4.65. The van der Waals surface area contributed by atoms with Gasteiger partial charge in [-0.05, 0) is 60.3 Å². The van der Waals surface area contributed by atoms with E-state index in [2.05, 4.69) is 11.9 Å². The Morgan fingerprint density at radius 1 is 1.18 bits per heavy atom. The first-order chi connectivity index (χ1) is 10.6. The van der Waals surface area contributed by atoms with E-state index < -0.39 is 0 Å². The molecule has 22 heavy (non-hydrogen) atoms. The molecule has 2 N–H and O–H groups in total. The van der Waals surface area contributed by atoms with E-state index in [-0.39, 0.29) is 11.5 Å². The van der Waals surface area contributed by atoms with Crippen LogP contribution in [0.15, 0.2) is 24.3 Å². The first-order valence-corrected chi connectivity index (χ1v) is 7.55. The first-order valence-electron chi connectivity index (χ1n) is 7.55. The van der Waals surface area contributed by atoms with Gasteiger partial charge in [-0.15, -0.1) is 0 Å². The van der Waals surface area contributed by atoms with Crippen LogP contribution in [0, 0.1) is 0 Å². The van der Waals surface area contributed by atoms with Crippen LogP contribution in [-0.4, -0.2) is 35.8 Å². The summed E-state index contributed by atoms with van der Waals surface area (Å²) >= 11 is 0. The summed E-state index contributed by atoms with van der Waals surface area (Å²) in [5, 5.41) is 20.7. The zero-order chi connectivity index (χ0) is 15.4. The Morgan fingerprint density at radius 2 is 2.00 bits per heavy atom. The predicted molar refractivity (Wildman–Crippen MR) is 84.5 cm³/mol. The molecule has 1 aliphatic carbocycles. The Labute approximate surface area is 129 Å². The van der Waals surface area contributed by atoms with Crippen LogP contribution in [0.2, 0.25) is 0 Å². The maximum atomic E-state index is 10.6. The minimum Gasteiger partial charge on any atom is -0.508 e. The van der Waals surface area contributed by atoms with Crippen molar-refractivity contribution < 1.29 is 14.9 Å². The van der Waals surface area contributed by atoms with Gasteiger partial charge in [0.05, 0.1) is 7.11 Å². The van der Waals surface area contributed by atoms with Crippen LogP contribution in [0.25, 0.3) is 11.1 Å². The molecule has 0 amide bonds. The molecule has 2 aromatic rings. The van der Waals surface area contributed by atoms with Crippen LogP contribution >= 0.6 is 0 Å². The molecule has 0 saturated carbocycles. The summed E-state index contributed by atoms with van der Waals surface area (Å²) in [6.07, 6.45) is 1.79. The Balaban J connectivity index is 2.05. The van der Waals surface area contributed by atoms with Gasteiger partial charge in [0.15, 0.2) is 11.5 Å². The number of methoxy groups -OCH3 is 1. The number of hydrogen-bond acceptors (Lipinski definition) is 4. The van der Waals surface area contributed by atoms with Crippen LogP contribution in [0.4, 0.5) is 0 Å². The lowest BCUT2D eigenvalue weighted by Gasteiger charge is -2.40. The lowest BCUT2D eigenvalue weighted by Crippen LogP contribution is -2.35. The summed E-state index contributed by atoms with van der Waals surface area (Å²) in [6.45, 7) is 0.984. The van der Waals surface area contributed by atoms with E-state index in [1.807, 2.05) is 18.2 Å². The number of rotatable bonds is 1. The van der Waals surface area contributed by atoms with Gasteiger partial charge >= 0.3 is 0 Å². The van der Waals surface area contributed by atoms with Gasteiger partial charge in [-0.25, -0.2) is 0 Å². The lowest BCUT2D eigenvalue weighted by atomic mass is 9.76. The first kappa shape index (κ1) is 13.5. The number of likely N-dealkylation sites (N-methyl/N-ethyl adjacent to an activating group) is 1. The average Bonchev–Trinajstić information content (AvgIpc) is 2.50. The van der Waals surface area contributed by atoms with Gasteiger partial charge in [-0.1, -0.05) is 6.07 Å². The summed E-state index contributed by atoms with van der Waals surface area (Å²) in [5.74, 6) is 0.894. The molecule has 2 aromatic carbocycles. The molecule has 4 heteroatoms. The quantitative estimate of drug-likeness (QED) is 0.850. The molecule has 0 saturated heterocycles. The minimum absolute atomic E-state index is 0.166. The Bertz CT molecular complexity index is 769. The average molecular weight is 297 g/mol. The summed E-state index contributed by atoms with van der Waals surface area (Å²) in [4.78, 5) is 2.35. The number of ether oxygens (including phenoxy) is 1. The highest BCUT2D eigenvalue weighted by molar-refractivity contribution is 5.83. The van der Waals surface area contributed by atoms with Gasteiger partial charge in [-0.3, -0.25) is 4.90 Å². The van der Waals surface area contributed by atoms with Crippen molar-refractivity contribution >= 4 is 0 Å². The molecule has 0 bridgehead atoms. The number of fused-ring (bicyclic) bond motifs is 2. The Hall–Kier alpha value is -2.20. The third-order valence-corrected chi connectivity index (χ3v) is 4.98. The van der Waals surface area contributed by atoms with E-state index in [9.17, 15) is 10.2 Å². The van der Waals surface area contributed by atoms with Crippen molar-refractivity contribution in [1.29, 1.82) is 0 Å². The second-order valence-corrected chi connectivity index (χ2v) is 6.17. The summed E-state index contributed by atoms with van der Waals surface area (Å²) in [6, 6.07) is 7.76. The van der Waals surface area contributed by atoms with Crippen molar-refractivity contribution in [1.82, 2.24) is 4.90 Å². The van der Waals surface area contributed by atoms with Crippen molar-refractivity contribution in [3.05, 3.63) is 41.0 Å².